The van der Waals surface area contributed by atoms with Gasteiger partial charge in [-0.25, -0.2) is 0 Å². The Morgan fingerprint density at radius 1 is 1.05 bits per heavy atom. The minimum atomic E-state index is 0.792. The Balaban J connectivity index is 1.56. The molecule has 0 aromatic rings. The zero-order chi connectivity index (χ0) is 13.1. The van der Waals surface area contributed by atoms with E-state index in [1.165, 1.54) is 77.4 Å². The Morgan fingerprint density at radius 2 is 1.84 bits per heavy atom. The van der Waals surface area contributed by atoms with E-state index < -0.39 is 0 Å². The third-order valence-corrected chi connectivity index (χ3v) is 5.64. The van der Waals surface area contributed by atoms with Gasteiger partial charge in [0.1, 0.15) is 0 Å². The first-order valence-electron chi connectivity index (χ1n) is 8.86. The first kappa shape index (κ1) is 13.9. The standard InChI is InChI=1S/C17H32N2/c1-2-11-18-16(14-9-10-14)13-19-12-5-7-15-6-3-4-8-17(15)19/h14-18H,2-13H2,1H3. The summed E-state index contributed by atoms with van der Waals surface area (Å²) in [5, 5.41) is 3.83. The number of nitrogens with zero attached hydrogens (tertiary/aromatic N) is 1. The first-order valence-corrected chi connectivity index (χ1v) is 8.86. The summed E-state index contributed by atoms with van der Waals surface area (Å²) in [6.45, 7) is 6.21. The molecule has 1 N–H and O–H groups in total. The van der Waals surface area contributed by atoms with E-state index in [2.05, 4.69) is 17.1 Å². The predicted molar refractivity (Wildman–Crippen MR) is 81.4 cm³/mol. The fourth-order valence-electron chi connectivity index (χ4n) is 4.42. The van der Waals surface area contributed by atoms with Crippen LogP contribution < -0.4 is 5.32 Å². The van der Waals surface area contributed by atoms with Crippen LogP contribution in [-0.2, 0) is 0 Å². The van der Waals surface area contributed by atoms with Gasteiger partial charge in [-0.2, -0.15) is 0 Å². The van der Waals surface area contributed by atoms with Crippen LogP contribution in [0.4, 0.5) is 0 Å². The third-order valence-electron chi connectivity index (χ3n) is 5.64. The molecule has 2 nitrogen and oxygen atoms in total. The van der Waals surface area contributed by atoms with Crippen molar-refractivity contribution in [3.63, 3.8) is 0 Å². The Kier molecular flexibility index (Phi) is 4.81. The van der Waals surface area contributed by atoms with Crippen molar-refractivity contribution in [3.05, 3.63) is 0 Å². The fourth-order valence-corrected chi connectivity index (χ4v) is 4.42. The summed E-state index contributed by atoms with van der Waals surface area (Å²) >= 11 is 0. The highest BCUT2D eigenvalue weighted by molar-refractivity contribution is 4.93. The van der Waals surface area contributed by atoms with Gasteiger partial charge < -0.3 is 5.32 Å². The maximum absolute atomic E-state index is 3.83. The SMILES string of the molecule is CCCNC(CN1CCCC2CCCCC21)C1CC1. The second-order valence-electron chi connectivity index (χ2n) is 7.15. The van der Waals surface area contributed by atoms with Crippen LogP contribution in [0.5, 0.6) is 0 Å². The number of likely N-dealkylation sites (tertiary alicyclic amines) is 1. The van der Waals surface area contributed by atoms with Gasteiger partial charge in [-0.15, -0.1) is 0 Å². The van der Waals surface area contributed by atoms with Crippen LogP contribution in [-0.4, -0.2) is 36.6 Å². The first-order chi connectivity index (χ1) is 9.38. The van der Waals surface area contributed by atoms with Crippen molar-refractivity contribution < 1.29 is 0 Å². The molecule has 0 bridgehead atoms. The van der Waals surface area contributed by atoms with Crippen LogP contribution in [0.15, 0.2) is 0 Å². The van der Waals surface area contributed by atoms with Crippen molar-refractivity contribution in [2.75, 3.05) is 19.6 Å². The van der Waals surface area contributed by atoms with Gasteiger partial charge in [-0.1, -0.05) is 19.8 Å². The summed E-state index contributed by atoms with van der Waals surface area (Å²) in [7, 11) is 0. The van der Waals surface area contributed by atoms with Gasteiger partial charge in [0.2, 0.25) is 0 Å². The van der Waals surface area contributed by atoms with E-state index in [1.54, 1.807) is 0 Å². The van der Waals surface area contributed by atoms with Crippen LogP contribution in [0.25, 0.3) is 0 Å². The summed E-state index contributed by atoms with van der Waals surface area (Å²) in [5.74, 6) is 2.03. The average Bonchev–Trinajstić information content (AvgIpc) is 3.28. The molecule has 3 fully saturated rings. The zero-order valence-corrected chi connectivity index (χ0v) is 12.7. The topological polar surface area (TPSA) is 15.3 Å². The lowest BCUT2D eigenvalue weighted by Crippen LogP contribution is -2.52. The van der Waals surface area contributed by atoms with Gasteiger partial charge in [0.15, 0.2) is 0 Å². The second kappa shape index (κ2) is 6.58. The molecule has 0 radical (unpaired) electrons. The Bertz CT molecular complexity index is 272. The molecular weight excluding hydrogens is 232 g/mol. The Labute approximate surface area is 119 Å². The summed E-state index contributed by atoms with van der Waals surface area (Å²) in [4.78, 5) is 2.87. The Hall–Kier alpha value is -0.0800. The third kappa shape index (κ3) is 3.52. The van der Waals surface area contributed by atoms with Gasteiger partial charge >= 0.3 is 0 Å². The highest BCUT2D eigenvalue weighted by Gasteiger charge is 2.37. The molecule has 2 saturated carbocycles. The second-order valence-corrected chi connectivity index (χ2v) is 7.15. The van der Waals surface area contributed by atoms with Gasteiger partial charge in [0, 0.05) is 18.6 Å². The number of rotatable bonds is 6. The van der Waals surface area contributed by atoms with E-state index in [0.29, 0.717) is 0 Å². The molecule has 3 atom stereocenters. The molecule has 1 heterocycles. The predicted octanol–water partition coefficient (Wildman–Crippen LogP) is 3.42. The largest absolute Gasteiger partial charge is 0.312 e. The van der Waals surface area contributed by atoms with E-state index in [4.69, 9.17) is 0 Å². The molecule has 2 aliphatic carbocycles. The fraction of sp³-hybridized carbons (Fsp3) is 1.00. The number of hydrogen-bond acceptors (Lipinski definition) is 2. The van der Waals surface area contributed by atoms with E-state index in [-0.39, 0.29) is 0 Å². The molecule has 3 rings (SSSR count). The van der Waals surface area contributed by atoms with Crippen LogP contribution in [0.1, 0.15) is 64.7 Å². The molecule has 0 amide bonds. The minimum Gasteiger partial charge on any atom is -0.312 e. The smallest absolute Gasteiger partial charge is 0.0223 e. The molecule has 3 aliphatic rings. The van der Waals surface area contributed by atoms with E-state index in [9.17, 15) is 0 Å². The Morgan fingerprint density at radius 3 is 2.63 bits per heavy atom. The lowest BCUT2D eigenvalue weighted by Gasteiger charge is -2.45. The molecule has 2 heteroatoms. The van der Waals surface area contributed by atoms with Crippen molar-refractivity contribution in [1.29, 1.82) is 0 Å². The lowest BCUT2D eigenvalue weighted by atomic mass is 9.78. The van der Waals surface area contributed by atoms with Crippen molar-refractivity contribution in [2.24, 2.45) is 11.8 Å². The van der Waals surface area contributed by atoms with Crippen LogP contribution in [0, 0.1) is 11.8 Å². The molecule has 1 aliphatic heterocycles. The van der Waals surface area contributed by atoms with Crippen molar-refractivity contribution in [3.8, 4) is 0 Å². The molecule has 19 heavy (non-hydrogen) atoms. The molecule has 0 aromatic heterocycles. The quantitative estimate of drug-likeness (QED) is 0.791. The van der Waals surface area contributed by atoms with Crippen LogP contribution in [0.2, 0.25) is 0 Å². The van der Waals surface area contributed by atoms with Gasteiger partial charge in [0.25, 0.3) is 0 Å². The van der Waals surface area contributed by atoms with Crippen molar-refractivity contribution in [1.82, 2.24) is 10.2 Å². The number of hydrogen-bond donors (Lipinski definition) is 1. The highest BCUT2D eigenvalue weighted by atomic mass is 15.2. The number of fused-ring (bicyclic) bond motifs is 1. The van der Waals surface area contributed by atoms with E-state index in [0.717, 1.165) is 23.9 Å². The van der Waals surface area contributed by atoms with Crippen LogP contribution >= 0.6 is 0 Å². The minimum absolute atomic E-state index is 0.792. The van der Waals surface area contributed by atoms with E-state index in [1.807, 2.05) is 0 Å². The summed E-state index contributed by atoms with van der Waals surface area (Å²) in [6, 6.07) is 1.73. The summed E-state index contributed by atoms with van der Waals surface area (Å²) in [5.41, 5.74) is 0. The van der Waals surface area contributed by atoms with Gasteiger partial charge in [-0.05, 0) is 69.9 Å². The zero-order valence-electron chi connectivity index (χ0n) is 12.7. The molecular formula is C17H32N2. The van der Waals surface area contributed by atoms with E-state index >= 15 is 0 Å². The van der Waals surface area contributed by atoms with Gasteiger partial charge in [-0.3, -0.25) is 4.90 Å². The highest BCUT2D eigenvalue weighted by Crippen LogP contribution is 2.37. The lowest BCUT2D eigenvalue weighted by molar-refractivity contribution is 0.0508. The van der Waals surface area contributed by atoms with Crippen molar-refractivity contribution in [2.45, 2.75) is 76.8 Å². The normalized spacial score (nSPS) is 33.9. The average molecular weight is 264 g/mol. The maximum atomic E-state index is 3.83. The van der Waals surface area contributed by atoms with Crippen molar-refractivity contribution >= 4 is 0 Å². The molecule has 110 valence electrons. The maximum Gasteiger partial charge on any atom is 0.0223 e. The molecule has 1 saturated heterocycles. The molecule has 0 aromatic carbocycles. The summed E-state index contributed by atoms with van der Waals surface area (Å²) in [6.07, 6.45) is 13.2. The van der Waals surface area contributed by atoms with Crippen LogP contribution in [0.3, 0.4) is 0 Å². The molecule has 0 spiro atoms. The number of nitrogens with one attached hydrogen (secondary N) is 1. The summed E-state index contributed by atoms with van der Waals surface area (Å²) < 4.78 is 0. The monoisotopic (exact) mass is 264 g/mol. The number of piperidine rings is 1. The molecule has 3 unspecified atom stereocenters. The van der Waals surface area contributed by atoms with Gasteiger partial charge in [0.05, 0.1) is 0 Å².